The summed E-state index contributed by atoms with van der Waals surface area (Å²) in [5.74, 6) is 0. The third-order valence-electron chi connectivity index (χ3n) is 3.70. The van der Waals surface area contributed by atoms with E-state index in [1.165, 1.54) is 11.1 Å². The second-order valence-corrected chi connectivity index (χ2v) is 5.12. The lowest BCUT2D eigenvalue weighted by molar-refractivity contribution is 0.0653. The molecule has 1 rings (SSSR count). The van der Waals surface area contributed by atoms with Gasteiger partial charge in [-0.25, -0.2) is 0 Å². The standard InChI is InChI=1S/C17H29NO/c1-5-12-18-16(17(7-3)19-4)13-15-10-8-14(6-2)9-11-15/h8-11,16-18H,5-7,12-13H2,1-4H3. The van der Waals surface area contributed by atoms with Crippen LogP contribution >= 0.6 is 0 Å². The van der Waals surface area contributed by atoms with Crippen molar-refractivity contribution >= 4 is 0 Å². The average Bonchev–Trinajstić information content (AvgIpc) is 2.46. The zero-order valence-corrected chi connectivity index (χ0v) is 12.9. The number of rotatable bonds is 9. The van der Waals surface area contributed by atoms with Gasteiger partial charge in [-0.2, -0.15) is 0 Å². The summed E-state index contributed by atoms with van der Waals surface area (Å²) in [4.78, 5) is 0. The topological polar surface area (TPSA) is 21.3 Å². The minimum Gasteiger partial charge on any atom is -0.380 e. The number of methoxy groups -OCH3 is 1. The van der Waals surface area contributed by atoms with Crippen molar-refractivity contribution in [1.29, 1.82) is 0 Å². The Bertz CT molecular complexity index is 330. The van der Waals surface area contributed by atoms with E-state index in [9.17, 15) is 0 Å². The first-order valence-corrected chi connectivity index (χ1v) is 7.59. The predicted molar refractivity (Wildman–Crippen MR) is 82.7 cm³/mol. The van der Waals surface area contributed by atoms with Gasteiger partial charge >= 0.3 is 0 Å². The van der Waals surface area contributed by atoms with E-state index in [2.05, 4.69) is 50.4 Å². The molecule has 0 fully saturated rings. The van der Waals surface area contributed by atoms with Crippen LogP contribution in [0.3, 0.4) is 0 Å². The summed E-state index contributed by atoms with van der Waals surface area (Å²) in [6, 6.07) is 9.38. The van der Waals surface area contributed by atoms with E-state index in [1.807, 2.05) is 7.11 Å². The van der Waals surface area contributed by atoms with Gasteiger partial charge in [-0.1, -0.05) is 45.0 Å². The fourth-order valence-corrected chi connectivity index (χ4v) is 2.45. The van der Waals surface area contributed by atoms with Gasteiger partial charge in [0, 0.05) is 13.2 Å². The second kappa shape index (κ2) is 9.11. The van der Waals surface area contributed by atoms with E-state index in [-0.39, 0.29) is 6.10 Å². The molecule has 0 spiro atoms. The molecule has 1 aromatic carbocycles. The van der Waals surface area contributed by atoms with Crippen LogP contribution in [0, 0.1) is 0 Å². The van der Waals surface area contributed by atoms with Gasteiger partial charge in [0.1, 0.15) is 0 Å². The van der Waals surface area contributed by atoms with E-state index in [1.54, 1.807) is 0 Å². The van der Waals surface area contributed by atoms with Crippen LogP contribution in [-0.4, -0.2) is 25.8 Å². The highest BCUT2D eigenvalue weighted by Crippen LogP contribution is 2.12. The first kappa shape index (κ1) is 16.2. The number of hydrogen-bond donors (Lipinski definition) is 1. The van der Waals surface area contributed by atoms with Crippen LogP contribution in [0.2, 0.25) is 0 Å². The lowest BCUT2D eigenvalue weighted by Gasteiger charge is -2.26. The van der Waals surface area contributed by atoms with Crippen molar-refractivity contribution < 1.29 is 4.74 Å². The molecule has 0 bridgehead atoms. The van der Waals surface area contributed by atoms with E-state index in [0.29, 0.717) is 6.04 Å². The number of nitrogens with one attached hydrogen (secondary N) is 1. The number of aryl methyl sites for hydroxylation is 1. The molecule has 0 aliphatic heterocycles. The molecule has 1 N–H and O–H groups in total. The van der Waals surface area contributed by atoms with Crippen LogP contribution in [0.1, 0.15) is 44.7 Å². The molecule has 2 heteroatoms. The first-order valence-electron chi connectivity index (χ1n) is 7.59. The predicted octanol–water partition coefficient (Wildman–Crippen LogP) is 3.58. The molecule has 108 valence electrons. The van der Waals surface area contributed by atoms with E-state index >= 15 is 0 Å². The number of benzene rings is 1. The van der Waals surface area contributed by atoms with Crippen molar-refractivity contribution in [3.8, 4) is 0 Å². The monoisotopic (exact) mass is 263 g/mol. The molecule has 1 aromatic rings. The van der Waals surface area contributed by atoms with Crippen LogP contribution in [0.5, 0.6) is 0 Å². The summed E-state index contributed by atoms with van der Waals surface area (Å²) in [7, 11) is 1.81. The quantitative estimate of drug-likeness (QED) is 0.735. The highest BCUT2D eigenvalue weighted by atomic mass is 16.5. The summed E-state index contributed by atoms with van der Waals surface area (Å²) >= 11 is 0. The zero-order chi connectivity index (χ0) is 14.1. The van der Waals surface area contributed by atoms with Crippen molar-refractivity contribution in [2.24, 2.45) is 0 Å². The number of ether oxygens (including phenoxy) is 1. The van der Waals surface area contributed by atoms with Crippen LogP contribution in [0.25, 0.3) is 0 Å². The van der Waals surface area contributed by atoms with Crippen molar-refractivity contribution in [2.45, 2.75) is 58.6 Å². The maximum absolute atomic E-state index is 5.61. The van der Waals surface area contributed by atoms with Gasteiger partial charge in [-0.3, -0.25) is 0 Å². The minimum absolute atomic E-state index is 0.289. The van der Waals surface area contributed by atoms with Crippen LogP contribution < -0.4 is 5.32 Å². The average molecular weight is 263 g/mol. The summed E-state index contributed by atoms with van der Waals surface area (Å²) in [5, 5.41) is 3.62. The van der Waals surface area contributed by atoms with E-state index in [0.717, 1.165) is 32.2 Å². The Morgan fingerprint density at radius 2 is 1.68 bits per heavy atom. The largest absolute Gasteiger partial charge is 0.380 e. The lowest BCUT2D eigenvalue weighted by atomic mass is 9.98. The van der Waals surface area contributed by atoms with Gasteiger partial charge < -0.3 is 10.1 Å². The molecule has 0 aliphatic rings. The molecule has 0 saturated heterocycles. The van der Waals surface area contributed by atoms with Gasteiger partial charge in [0.05, 0.1) is 6.10 Å². The van der Waals surface area contributed by atoms with Crippen molar-refractivity contribution in [1.82, 2.24) is 5.32 Å². The summed E-state index contributed by atoms with van der Waals surface area (Å²) in [6.45, 7) is 7.64. The molecular weight excluding hydrogens is 234 g/mol. The highest BCUT2D eigenvalue weighted by molar-refractivity contribution is 5.23. The van der Waals surface area contributed by atoms with E-state index in [4.69, 9.17) is 4.74 Å². The fraction of sp³-hybridized carbons (Fsp3) is 0.647. The smallest absolute Gasteiger partial charge is 0.0724 e. The van der Waals surface area contributed by atoms with Crippen LogP contribution in [0.4, 0.5) is 0 Å². The van der Waals surface area contributed by atoms with Gasteiger partial charge in [0.25, 0.3) is 0 Å². The van der Waals surface area contributed by atoms with Gasteiger partial charge in [0.2, 0.25) is 0 Å². The Morgan fingerprint density at radius 3 is 2.16 bits per heavy atom. The molecule has 0 aliphatic carbocycles. The Kier molecular flexibility index (Phi) is 7.76. The van der Waals surface area contributed by atoms with Gasteiger partial charge in [-0.15, -0.1) is 0 Å². The van der Waals surface area contributed by atoms with Crippen molar-refractivity contribution in [2.75, 3.05) is 13.7 Å². The van der Waals surface area contributed by atoms with Crippen molar-refractivity contribution in [3.63, 3.8) is 0 Å². The van der Waals surface area contributed by atoms with Gasteiger partial charge in [0.15, 0.2) is 0 Å². The van der Waals surface area contributed by atoms with Crippen LogP contribution in [0.15, 0.2) is 24.3 Å². The molecule has 0 heterocycles. The Hall–Kier alpha value is -0.860. The lowest BCUT2D eigenvalue weighted by Crippen LogP contribution is -2.42. The van der Waals surface area contributed by atoms with Gasteiger partial charge in [-0.05, 0) is 43.4 Å². The number of hydrogen-bond acceptors (Lipinski definition) is 2. The first-order chi connectivity index (χ1) is 9.24. The molecule has 0 saturated carbocycles. The minimum atomic E-state index is 0.289. The molecular formula is C17H29NO. The molecule has 0 aromatic heterocycles. The molecule has 0 radical (unpaired) electrons. The molecule has 19 heavy (non-hydrogen) atoms. The van der Waals surface area contributed by atoms with Crippen LogP contribution in [-0.2, 0) is 17.6 Å². The summed E-state index contributed by atoms with van der Waals surface area (Å²) in [6.07, 6.45) is 4.64. The Labute approximate surface area is 118 Å². The zero-order valence-electron chi connectivity index (χ0n) is 12.9. The summed E-state index contributed by atoms with van der Waals surface area (Å²) < 4.78 is 5.61. The maximum Gasteiger partial charge on any atom is 0.0724 e. The van der Waals surface area contributed by atoms with E-state index < -0.39 is 0 Å². The SMILES string of the molecule is CCCNC(Cc1ccc(CC)cc1)C(CC)OC. The summed E-state index contributed by atoms with van der Waals surface area (Å²) in [5.41, 5.74) is 2.79. The third kappa shape index (κ3) is 5.33. The molecule has 2 unspecified atom stereocenters. The molecule has 2 nitrogen and oxygen atoms in total. The fourth-order valence-electron chi connectivity index (χ4n) is 2.45. The molecule has 2 atom stereocenters. The normalized spacial score (nSPS) is 14.3. The Balaban J connectivity index is 2.68. The molecule has 0 amide bonds. The Morgan fingerprint density at radius 1 is 1.05 bits per heavy atom. The van der Waals surface area contributed by atoms with Crippen molar-refractivity contribution in [3.05, 3.63) is 35.4 Å². The second-order valence-electron chi connectivity index (χ2n) is 5.12. The highest BCUT2D eigenvalue weighted by Gasteiger charge is 2.19. The third-order valence-corrected chi connectivity index (χ3v) is 3.70. The maximum atomic E-state index is 5.61.